The van der Waals surface area contributed by atoms with Gasteiger partial charge in [-0.25, -0.2) is 4.98 Å². The zero-order valence-electron chi connectivity index (χ0n) is 13.4. The van der Waals surface area contributed by atoms with Gasteiger partial charge in [-0.2, -0.15) is 0 Å². The van der Waals surface area contributed by atoms with Crippen LogP contribution in [0.2, 0.25) is 0 Å². The van der Waals surface area contributed by atoms with Crippen molar-refractivity contribution in [3.05, 3.63) is 53.6 Å². The van der Waals surface area contributed by atoms with Crippen molar-refractivity contribution < 1.29 is 5.11 Å². The second kappa shape index (κ2) is 6.63. The van der Waals surface area contributed by atoms with Crippen LogP contribution in [-0.4, -0.2) is 39.7 Å². The molecule has 4 nitrogen and oxygen atoms in total. The lowest BCUT2D eigenvalue weighted by Gasteiger charge is -2.29. The van der Waals surface area contributed by atoms with Gasteiger partial charge in [0.2, 0.25) is 0 Å². The maximum atomic E-state index is 10.4. The van der Waals surface area contributed by atoms with Gasteiger partial charge in [0.15, 0.2) is 0 Å². The lowest BCUT2D eigenvalue weighted by Crippen LogP contribution is -2.33. The van der Waals surface area contributed by atoms with Gasteiger partial charge < -0.3 is 14.6 Å². The first-order chi connectivity index (χ1) is 10.6. The fraction of sp³-hybridized carbons (Fsp3) is 0.500. The van der Waals surface area contributed by atoms with E-state index in [9.17, 15) is 5.11 Å². The van der Waals surface area contributed by atoms with E-state index >= 15 is 0 Å². The Kier molecular flexibility index (Phi) is 4.60. The molecule has 22 heavy (non-hydrogen) atoms. The van der Waals surface area contributed by atoms with Gasteiger partial charge in [-0.05, 0) is 31.9 Å². The van der Waals surface area contributed by atoms with E-state index in [0.717, 1.165) is 25.1 Å². The summed E-state index contributed by atoms with van der Waals surface area (Å²) < 4.78 is 2.26. The topological polar surface area (TPSA) is 41.3 Å². The molecule has 0 saturated carbocycles. The standard InChI is InChI=1S/C18H25N3O/c1-14-3-6-16(7-4-14)17(22)13-20(2)11-15-5-8-18-19-9-10-21(18)12-15/h3-4,6-7,9-10,15,17,22H,5,8,11-13H2,1-2H3/t15-,17+/m1/s1. The second-order valence-electron chi connectivity index (χ2n) is 6.55. The van der Waals surface area contributed by atoms with Crippen LogP contribution in [0.5, 0.6) is 0 Å². The Labute approximate surface area is 132 Å². The van der Waals surface area contributed by atoms with Crippen molar-refractivity contribution in [2.45, 2.75) is 32.4 Å². The predicted molar refractivity (Wildman–Crippen MR) is 87.7 cm³/mol. The van der Waals surface area contributed by atoms with Crippen LogP contribution in [0, 0.1) is 12.8 Å². The molecular weight excluding hydrogens is 274 g/mol. The average Bonchev–Trinajstić information content (AvgIpc) is 2.95. The highest BCUT2D eigenvalue weighted by Crippen LogP contribution is 2.21. The largest absolute Gasteiger partial charge is 0.387 e. The molecule has 2 atom stereocenters. The first kappa shape index (κ1) is 15.3. The van der Waals surface area contributed by atoms with Crippen LogP contribution in [0.15, 0.2) is 36.7 Å². The fourth-order valence-corrected chi connectivity index (χ4v) is 3.29. The molecule has 2 aromatic rings. The molecule has 3 rings (SSSR count). The Morgan fingerprint density at radius 1 is 1.36 bits per heavy atom. The van der Waals surface area contributed by atoms with Gasteiger partial charge in [0.25, 0.3) is 0 Å². The summed E-state index contributed by atoms with van der Waals surface area (Å²) in [4.78, 5) is 6.62. The summed E-state index contributed by atoms with van der Waals surface area (Å²) in [5.74, 6) is 1.84. The Bertz CT molecular complexity index is 605. The van der Waals surface area contributed by atoms with E-state index in [1.54, 1.807) is 0 Å². The number of likely N-dealkylation sites (N-methyl/N-ethyl adjacent to an activating group) is 1. The third-order valence-corrected chi connectivity index (χ3v) is 4.55. The molecule has 0 saturated heterocycles. The predicted octanol–water partition coefficient (Wildman–Crippen LogP) is 2.42. The number of nitrogens with zero attached hydrogens (tertiary/aromatic N) is 3. The molecule has 1 N–H and O–H groups in total. The SMILES string of the molecule is Cc1ccc([C@@H](O)CN(C)C[C@H]2CCc3nccn3C2)cc1. The van der Waals surface area contributed by atoms with Gasteiger partial charge in [-0.3, -0.25) is 0 Å². The van der Waals surface area contributed by atoms with Gasteiger partial charge >= 0.3 is 0 Å². The van der Waals surface area contributed by atoms with Gasteiger partial charge in [-0.1, -0.05) is 29.8 Å². The van der Waals surface area contributed by atoms with Crippen LogP contribution in [0.3, 0.4) is 0 Å². The summed E-state index contributed by atoms with van der Waals surface area (Å²) >= 11 is 0. The molecule has 0 amide bonds. The summed E-state index contributed by atoms with van der Waals surface area (Å²) in [7, 11) is 2.10. The Morgan fingerprint density at radius 2 is 2.14 bits per heavy atom. The van der Waals surface area contributed by atoms with Crippen LogP contribution in [0.1, 0.15) is 29.5 Å². The molecular formula is C18H25N3O. The number of fused-ring (bicyclic) bond motifs is 1. The Morgan fingerprint density at radius 3 is 2.91 bits per heavy atom. The Hall–Kier alpha value is -1.65. The minimum absolute atomic E-state index is 0.419. The van der Waals surface area contributed by atoms with E-state index in [0.29, 0.717) is 12.5 Å². The van der Waals surface area contributed by atoms with Crippen molar-refractivity contribution in [1.82, 2.24) is 14.5 Å². The number of aliphatic hydroxyl groups is 1. The number of aromatic nitrogens is 2. The second-order valence-corrected chi connectivity index (χ2v) is 6.55. The molecule has 1 aliphatic heterocycles. The number of aliphatic hydroxyl groups excluding tert-OH is 1. The molecule has 0 radical (unpaired) electrons. The number of imidazole rings is 1. The smallest absolute Gasteiger partial charge is 0.108 e. The number of aryl methyl sites for hydroxylation is 2. The van der Waals surface area contributed by atoms with E-state index in [-0.39, 0.29) is 0 Å². The van der Waals surface area contributed by atoms with E-state index in [4.69, 9.17) is 0 Å². The third kappa shape index (κ3) is 3.57. The number of hydrogen-bond donors (Lipinski definition) is 1. The van der Waals surface area contributed by atoms with Crippen LogP contribution in [0.4, 0.5) is 0 Å². The average molecular weight is 299 g/mol. The van der Waals surface area contributed by atoms with Crippen molar-refractivity contribution in [2.24, 2.45) is 5.92 Å². The van der Waals surface area contributed by atoms with Gasteiger partial charge in [-0.15, -0.1) is 0 Å². The fourth-order valence-electron chi connectivity index (χ4n) is 3.29. The van der Waals surface area contributed by atoms with Crippen LogP contribution in [0.25, 0.3) is 0 Å². The quantitative estimate of drug-likeness (QED) is 0.922. The Balaban J connectivity index is 1.52. The van der Waals surface area contributed by atoms with Gasteiger partial charge in [0.05, 0.1) is 6.10 Å². The highest BCUT2D eigenvalue weighted by Gasteiger charge is 2.21. The highest BCUT2D eigenvalue weighted by molar-refractivity contribution is 5.23. The molecule has 0 spiro atoms. The molecule has 1 aliphatic rings. The zero-order chi connectivity index (χ0) is 15.5. The maximum absolute atomic E-state index is 10.4. The van der Waals surface area contributed by atoms with Crippen LogP contribution in [-0.2, 0) is 13.0 Å². The minimum atomic E-state index is -0.419. The molecule has 0 aliphatic carbocycles. The molecule has 4 heteroatoms. The van der Waals surface area contributed by atoms with Crippen LogP contribution >= 0.6 is 0 Å². The minimum Gasteiger partial charge on any atom is -0.387 e. The summed E-state index contributed by atoms with van der Waals surface area (Å²) in [6.45, 7) is 4.80. The summed E-state index contributed by atoms with van der Waals surface area (Å²) in [5, 5.41) is 10.4. The summed E-state index contributed by atoms with van der Waals surface area (Å²) in [6, 6.07) is 8.15. The highest BCUT2D eigenvalue weighted by atomic mass is 16.3. The molecule has 0 bridgehead atoms. The molecule has 118 valence electrons. The maximum Gasteiger partial charge on any atom is 0.108 e. The van der Waals surface area contributed by atoms with Crippen molar-refractivity contribution >= 4 is 0 Å². The molecule has 0 unspecified atom stereocenters. The van der Waals surface area contributed by atoms with E-state index in [2.05, 4.69) is 46.8 Å². The van der Waals surface area contributed by atoms with Crippen molar-refractivity contribution in [3.63, 3.8) is 0 Å². The number of hydrogen-bond acceptors (Lipinski definition) is 3. The van der Waals surface area contributed by atoms with Crippen LogP contribution < -0.4 is 0 Å². The molecule has 2 heterocycles. The van der Waals surface area contributed by atoms with E-state index in [1.165, 1.54) is 17.8 Å². The van der Waals surface area contributed by atoms with Crippen molar-refractivity contribution in [1.29, 1.82) is 0 Å². The lowest BCUT2D eigenvalue weighted by molar-refractivity contribution is 0.113. The van der Waals surface area contributed by atoms with E-state index < -0.39 is 6.10 Å². The normalized spacial score (nSPS) is 19.2. The third-order valence-electron chi connectivity index (χ3n) is 4.55. The molecule has 1 aromatic carbocycles. The first-order valence-electron chi connectivity index (χ1n) is 8.05. The zero-order valence-corrected chi connectivity index (χ0v) is 13.4. The van der Waals surface area contributed by atoms with Crippen molar-refractivity contribution in [3.8, 4) is 0 Å². The monoisotopic (exact) mass is 299 g/mol. The summed E-state index contributed by atoms with van der Waals surface area (Å²) in [5.41, 5.74) is 2.22. The lowest BCUT2D eigenvalue weighted by atomic mass is 9.98. The number of rotatable bonds is 5. The molecule has 0 fully saturated rings. The molecule has 1 aromatic heterocycles. The summed E-state index contributed by atoms with van der Waals surface area (Å²) in [6.07, 6.45) is 5.79. The van der Waals surface area contributed by atoms with Gasteiger partial charge in [0, 0.05) is 38.4 Å². The van der Waals surface area contributed by atoms with Crippen molar-refractivity contribution in [2.75, 3.05) is 20.1 Å². The number of benzene rings is 1. The first-order valence-corrected chi connectivity index (χ1v) is 8.05. The van der Waals surface area contributed by atoms with E-state index in [1.807, 2.05) is 18.3 Å². The van der Waals surface area contributed by atoms with Gasteiger partial charge in [0.1, 0.15) is 5.82 Å².